The molecule has 0 aliphatic carbocycles. The van der Waals surface area contributed by atoms with Crippen LogP contribution in [-0.2, 0) is 4.79 Å². The number of hydrogen-bond acceptors (Lipinski definition) is 3. The number of anilines is 1. The largest absolute Gasteiger partial charge is 0.358 e. The van der Waals surface area contributed by atoms with Gasteiger partial charge in [-0.05, 0) is 24.6 Å². The van der Waals surface area contributed by atoms with Gasteiger partial charge in [0.25, 0.3) is 0 Å². The topological polar surface area (TPSA) is 64.7 Å². The lowest BCUT2D eigenvalue weighted by Crippen LogP contribution is -2.51. The first kappa shape index (κ1) is 15.3. The predicted octanol–water partition coefficient (Wildman–Crippen LogP) is 0.891. The van der Waals surface area contributed by atoms with Crippen molar-refractivity contribution in [2.75, 3.05) is 45.1 Å². The van der Waals surface area contributed by atoms with E-state index in [0.717, 1.165) is 11.3 Å². The van der Waals surface area contributed by atoms with Crippen molar-refractivity contribution in [2.45, 2.75) is 6.92 Å². The molecule has 1 saturated heterocycles. The van der Waals surface area contributed by atoms with Crippen molar-refractivity contribution in [3.8, 4) is 0 Å². The van der Waals surface area contributed by atoms with Crippen LogP contribution in [0.3, 0.4) is 0 Å². The molecule has 114 valence electrons. The Morgan fingerprint density at radius 1 is 1.19 bits per heavy atom. The molecule has 0 saturated carbocycles. The molecule has 1 aromatic rings. The normalized spacial score (nSPS) is 15.6. The maximum absolute atomic E-state index is 12.2. The van der Waals surface area contributed by atoms with E-state index in [-0.39, 0.29) is 11.9 Å². The van der Waals surface area contributed by atoms with Gasteiger partial charge in [0.05, 0.1) is 6.54 Å². The number of aryl methyl sites for hydroxylation is 1. The molecule has 2 N–H and O–H groups in total. The molecule has 0 bridgehead atoms. The van der Waals surface area contributed by atoms with Gasteiger partial charge in [-0.2, -0.15) is 0 Å². The first-order valence-electron chi connectivity index (χ1n) is 7.14. The number of urea groups is 1. The molecule has 0 atom stereocenters. The summed E-state index contributed by atoms with van der Waals surface area (Å²) in [6.45, 7) is 5.09. The third-order valence-electron chi connectivity index (χ3n) is 3.57. The zero-order chi connectivity index (χ0) is 15.2. The Morgan fingerprint density at radius 3 is 2.52 bits per heavy atom. The van der Waals surface area contributed by atoms with Crippen molar-refractivity contribution >= 4 is 17.6 Å². The monoisotopic (exact) mass is 290 g/mol. The van der Waals surface area contributed by atoms with Crippen molar-refractivity contribution in [2.24, 2.45) is 0 Å². The van der Waals surface area contributed by atoms with Gasteiger partial charge in [0.2, 0.25) is 5.91 Å². The van der Waals surface area contributed by atoms with Crippen molar-refractivity contribution in [1.29, 1.82) is 0 Å². The quantitative estimate of drug-likeness (QED) is 0.869. The molecule has 3 amide bonds. The van der Waals surface area contributed by atoms with Gasteiger partial charge in [-0.1, -0.05) is 12.1 Å². The molecule has 6 heteroatoms. The van der Waals surface area contributed by atoms with E-state index in [1.54, 1.807) is 11.9 Å². The number of likely N-dealkylation sites (N-methyl/N-ethyl adjacent to an activating group) is 1. The van der Waals surface area contributed by atoms with Gasteiger partial charge < -0.3 is 15.5 Å². The second-order valence-electron chi connectivity index (χ2n) is 5.24. The van der Waals surface area contributed by atoms with E-state index in [1.165, 1.54) is 0 Å². The lowest BCUT2D eigenvalue weighted by molar-refractivity contribution is -0.122. The van der Waals surface area contributed by atoms with Gasteiger partial charge in [0.15, 0.2) is 0 Å². The van der Waals surface area contributed by atoms with E-state index in [9.17, 15) is 9.59 Å². The minimum absolute atomic E-state index is 0.00709. The highest BCUT2D eigenvalue weighted by Gasteiger charge is 2.22. The van der Waals surface area contributed by atoms with Crippen LogP contribution in [0.5, 0.6) is 0 Å². The van der Waals surface area contributed by atoms with E-state index in [0.29, 0.717) is 32.7 Å². The SMILES string of the molecule is CNC(=O)CN1CCN(C(=O)Nc2cccc(C)c2)CC1. The van der Waals surface area contributed by atoms with Crippen LogP contribution in [0.25, 0.3) is 0 Å². The molecular formula is C15H22N4O2. The van der Waals surface area contributed by atoms with E-state index >= 15 is 0 Å². The van der Waals surface area contributed by atoms with Gasteiger partial charge >= 0.3 is 6.03 Å². The Labute approximate surface area is 125 Å². The molecule has 0 aromatic heterocycles. The van der Waals surface area contributed by atoms with Crippen molar-refractivity contribution in [1.82, 2.24) is 15.1 Å². The maximum atomic E-state index is 12.2. The molecule has 1 aromatic carbocycles. The number of benzene rings is 1. The van der Waals surface area contributed by atoms with E-state index in [4.69, 9.17) is 0 Å². The number of nitrogens with one attached hydrogen (secondary N) is 2. The number of hydrogen-bond donors (Lipinski definition) is 2. The summed E-state index contributed by atoms with van der Waals surface area (Å²) >= 11 is 0. The zero-order valence-electron chi connectivity index (χ0n) is 12.6. The van der Waals surface area contributed by atoms with Gasteiger partial charge in [-0.3, -0.25) is 9.69 Å². The minimum Gasteiger partial charge on any atom is -0.358 e. The van der Waals surface area contributed by atoms with E-state index in [1.807, 2.05) is 31.2 Å². The molecule has 1 aliphatic rings. The van der Waals surface area contributed by atoms with Crippen molar-refractivity contribution < 1.29 is 9.59 Å². The molecule has 1 fully saturated rings. The number of piperazine rings is 1. The first-order chi connectivity index (χ1) is 10.1. The zero-order valence-corrected chi connectivity index (χ0v) is 12.6. The van der Waals surface area contributed by atoms with Crippen molar-refractivity contribution in [3.63, 3.8) is 0 Å². The fraction of sp³-hybridized carbons (Fsp3) is 0.467. The van der Waals surface area contributed by atoms with Crippen LogP contribution in [0.2, 0.25) is 0 Å². The summed E-state index contributed by atoms with van der Waals surface area (Å²) in [6, 6.07) is 7.66. The summed E-state index contributed by atoms with van der Waals surface area (Å²) in [5.41, 5.74) is 1.93. The van der Waals surface area contributed by atoms with Crippen LogP contribution < -0.4 is 10.6 Å². The summed E-state index contributed by atoms with van der Waals surface area (Å²) in [5.74, 6) is 0.00709. The molecule has 0 unspecified atom stereocenters. The Kier molecular flexibility index (Phi) is 5.16. The number of nitrogens with zero attached hydrogens (tertiary/aromatic N) is 2. The molecule has 21 heavy (non-hydrogen) atoms. The van der Waals surface area contributed by atoms with Crippen LogP contribution >= 0.6 is 0 Å². The van der Waals surface area contributed by atoms with Crippen LogP contribution in [0.1, 0.15) is 5.56 Å². The third-order valence-corrected chi connectivity index (χ3v) is 3.57. The average molecular weight is 290 g/mol. The number of amides is 3. The highest BCUT2D eigenvalue weighted by molar-refractivity contribution is 5.89. The van der Waals surface area contributed by atoms with Crippen LogP contribution in [-0.4, -0.2) is 61.5 Å². The van der Waals surface area contributed by atoms with Crippen molar-refractivity contribution in [3.05, 3.63) is 29.8 Å². The summed E-state index contributed by atoms with van der Waals surface area (Å²) in [5, 5.41) is 5.52. The fourth-order valence-electron chi connectivity index (χ4n) is 2.32. The van der Waals surface area contributed by atoms with E-state index < -0.39 is 0 Å². The third kappa shape index (κ3) is 4.46. The Morgan fingerprint density at radius 2 is 1.90 bits per heavy atom. The first-order valence-corrected chi connectivity index (χ1v) is 7.14. The smallest absolute Gasteiger partial charge is 0.321 e. The predicted molar refractivity (Wildman–Crippen MR) is 82.3 cm³/mol. The summed E-state index contributed by atoms with van der Waals surface area (Å²) < 4.78 is 0. The maximum Gasteiger partial charge on any atom is 0.321 e. The second-order valence-corrected chi connectivity index (χ2v) is 5.24. The minimum atomic E-state index is -0.0832. The summed E-state index contributed by atoms with van der Waals surface area (Å²) in [4.78, 5) is 27.3. The Balaban J connectivity index is 1.82. The lowest BCUT2D eigenvalue weighted by atomic mass is 10.2. The van der Waals surface area contributed by atoms with Gasteiger partial charge in [0.1, 0.15) is 0 Å². The van der Waals surface area contributed by atoms with Crippen LogP contribution in [0.4, 0.5) is 10.5 Å². The lowest BCUT2D eigenvalue weighted by Gasteiger charge is -2.34. The highest BCUT2D eigenvalue weighted by Crippen LogP contribution is 2.11. The van der Waals surface area contributed by atoms with Gasteiger partial charge in [0, 0.05) is 38.9 Å². The Bertz CT molecular complexity index is 510. The second kappa shape index (κ2) is 7.08. The van der Waals surface area contributed by atoms with Gasteiger partial charge in [-0.15, -0.1) is 0 Å². The molecule has 6 nitrogen and oxygen atoms in total. The summed E-state index contributed by atoms with van der Waals surface area (Å²) in [7, 11) is 1.63. The number of carbonyl (C=O) groups excluding carboxylic acids is 2. The molecule has 0 spiro atoms. The Hall–Kier alpha value is -2.08. The highest BCUT2D eigenvalue weighted by atomic mass is 16.2. The van der Waals surface area contributed by atoms with Crippen LogP contribution in [0, 0.1) is 6.92 Å². The molecule has 2 rings (SSSR count). The average Bonchev–Trinajstić information content (AvgIpc) is 2.47. The molecular weight excluding hydrogens is 268 g/mol. The molecule has 1 heterocycles. The molecule has 0 radical (unpaired) electrons. The van der Waals surface area contributed by atoms with E-state index in [2.05, 4.69) is 15.5 Å². The molecule has 1 aliphatic heterocycles. The number of carbonyl (C=O) groups is 2. The summed E-state index contributed by atoms with van der Waals surface area (Å²) in [6.07, 6.45) is 0. The fourth-order valence-corrected chi connectivity index (χ4v) is 2.32. The van der Waals surface area contributed by atoms with Gasteiger partial charge in [-0.25, -0.2) is 4.79 Å². The number of rotatable bonds is 3. The standard InChI is InChI=1S/C15H22N4O2/c1-12-4-3-5-13(10-12)17-15(21)19-8-6-18(7-9-19)11-14(20)16-2/h3-5,10H,6-9,11H2,1-2H3,(H,16,20)(H,17,21). The van der Waals surface area contributed by atoms with Crippen LogP contribution in [0.15, 0.2) is 24.3 Å².